The van der Waals surface area contributed by atoms with E-state index in [0.717, 1.165) is 31.6 Å². The van der Waals surface area contributed by atoms with Crippen LogP contribution in [0.15, 0.2) is 18.2 Å². The van der Waals surface area contributed by atoms with Crippen LogP contribution in [0.3, 0.4) is 0 Å². The van der Waals surface area contributed by atoms with Gasteiger partial charge in [-0.05, 0) is 49.1 Å². The molecular formula is C18H22N2O. The van der Waals surface area contributed by atoms with Gasteiger partial charge < -0.3 is 4.74 Å². The minimum absolute atomic E-state index is 0.157. The Kier molecular flexibility index (Phi) is 4.53. The SMILES string of the molecule is CC(C)(C)C1CCC(Oc2cccc(C#N)c2C#N)CC1. The summed E-state index contributed by atoms with van der Waals surface area (Å²) in [6.07, 6.45) is 4.51. The zero-order valence-corrected chi connectivity index (χ0v) is 13.0. The summed E-state index contributed by atoms with van der Waals surface area (Å²) < 4.78 is 6.01. The first-order chi connectivity index (χ1) is 9.95. The summed E-state index contributed by atoms with van der Waals surface area (Å²) in [7, 11) is 0. The molecule has 1 fully saturated rings. The highest BCUT2D eigenvalue weighted by Crippen LogP contribution is 2.39. The third-order valence-electron chi connectivity index (χ3n) is 4.45. The molecule has 3 nitrogen and oxygen atoms in total. The number of nitriles is 2. The summed E-state index contributed by atoms with van der Waals surface area (Å²) in [6, 6.07) is 9.35. The molecule has 0 aromatic heterocycles. The van der Waals surface area contributed by atoms with Gasteiger partial charge in [0.05, 0.1) is 11.7 Å². The van der Waals surface area contributed by atoms with Crippen LogP contribution in [0.1, 0.15) is 57.6 Å². The molecule has 3 heteroatoms. The summed E-state index contributed by atoms with van der Waals surface area (Å²) >= 11 is 0. The van der Waals surface area contributed by atoms with Crippen LogP contribution in [0.5, 0.6) is 5.75 Å². The van der Waals surface area contributed by atoms with E-state index in [4.69, 9.17) is 10.00 Å². The van der Waals surface area contributed by atoms with Gasteiger partial charge in [-0.3, -0.25) is 0 Å². The fourth-order valence-corrected chi connectivity index (χ4v) is 3.06. The second kappa shape index (κ2) is 6.19. The maximum atomic E-state index is 9.23. The third kappa shape index (κ3) is 3.56. The van der Waals surface area contributed by atoms with Crippen molar-refractivity contribution in [1.29, 1.82) is 10.5 Å². The molecule has 0 spiro atoms. The zero-order valence-electron chi connectivity index (χ0n) is 13.0. The van der Waals surface area contributed by atoms with Gasteiger partial charge in [-0.25, -0.2) is 0 Å². The van der Waals surface area contributed by atoms with Crippen molar-refractivity contribution >= 4 is 0 Å². The molecule has 0 aliphatic heterocycles. The van der Waals surface area contributed by atoms with Crippen molar-refractivity contribution in [3.63, 3.8) is 0 Å². The van der Waals surface area contributed by atoms with E-state index in [1.54, 1.807) is 18.2 Å². The molecule has 0 N–H and O–H groups in total. The van der Waals surface area contributed by atoms with Crippen molar-refractivity contribution in [1.82, 2.24) is 0 Å². The summed E-state index contributed by atoms with van der Waals surface area (Å²) in [6.45, 7) is 6.88. The van der Waals surface area contributed by atoms with E-state index in [9.17, 15) is 5.26 Å². The average molecular weight is 282 g/mol. The molecular weight excluding hydrogens is 260 g/mol. The Bertz CT molecular complexity index is 579. The molecule has 1 aliphatic carbocycles. The Morgan fingerprint density at radius 3 is 2.24 bits per heavy atom. The molecule has 21 heavy (non-hydrogen) atoms. The van der Waals surface area contributed by atoms with Crippen LogP contribution in [-0.2, 0) is 0 Å². The Balaban J connectivity index is 2.05. The Labute approximate surface area is 127 Å². The zero-order chi connectivity index (χ0) is 15.5. The van der Waals surface area contributed by atoms with Crippen LogP contribution in [0, 0.1) is 34.0 Å². The van der Waals surface area contributed by atoms with E-state index in [2.05, 4.69) is 26.8 Å². The predicted octanol–water partition coefficient (Wildman–Crippen LogP) is 4.41. The first-order valence-electron chi connectivity index (χ1n) is 7.55. The summed E-state index contributed by atoms with van der Waals surface area (Å²) in [5.41, 5.74) is 1.10. The quantitative estimate of drug-likeness (QED) is 0.807. The number of nitrogens with zero attached hydrogens (tertiary/aromatic N) is 2. The number of ether oxygens (including phenoxy) is 1. The molecule has 1 aliphatic rings. The maximum absolute atomic E-state index is 9.23. The first kappa shape index (κ1) is 15.4. The van der Waals surface area contributed by atoms with Crippen LogP contribution < -0.4 is 4.74 Å². The number of rotatable bonds is 2. The van der Waals surface area contributed by atoms with Crippen molar-refractivity contribution < 1.29 is 4.74 Å². The molecule has 1 aromatic rings. The second-order valence-corrected chi connectivity index (χ2v) is 6.86. The molecule has 110 valence electrons. The van der Waals surface area contributed by atoms with Crippen LogP contribution in [-0.4, -0.2) is 6.10 Å². The molecule has 0 heterocycles. The van der Waals surface area contributed by atoms with E-state index in [1.807, 2.05) is 6.07 Å². The van der Waals surface area contributed by atoms with Gasteiger partial charge in [0, 0.05) is 0 Å². The van der Waals surface area contributed by atoms with Gasteiger partial charge in [-0.15, -0.1) is 0 Å². The Morgan fingerprint density at radius 2 is 1.71 bits per heavy atom. The van der Waals surface area contributed by atoms with E-state index < -0.39 is 0 Å². The van der Waals surface area contributed by atoms with Gasteiger partial charge >= 0.3 is 0 Å². The molecule has 1 saturated carbocycles. The predicted molar refractivity (Wildman–Crippen MR) is 81.7 cm³/mol. The fraction of sp³-hybridized carbons (Fsp3) is 0.556. The summed E-state index contributed by atoms with van der Waals surface area (Å²) in [5, 5.41) is 18.3. The van der Waals surface area contributed by atoms with Crippen LogP contribution in [0.25, 0.3) is 0 Å². The van der Waals surface area contributed by atoms with Gasteiger partial charge in [-0.1, -0.05) is 26.8 Å². The van der Waals surface area contributed by atoms with Gasteiger partial charge in [0.25, 0.3) is 0 Å². The highest BCUT2D eigenvalue weighted by Gasteiger charge is 2.30. The second-order valence-electron chi connectivity index (χ2n) is 6.86. The minimum atomic E-state index is 0.157. The molecule has 0 radical (unpaired) electrons. The van der Waals surface area contributed by atoms with E-state index >= 15 is 0 Å². The minimum Gasteiger partial charge on any atom is -0.489 e. The fourth-order valence-electron chi connectivity index (χ4n) is 3.06. The standard InChI is InChI=1S/C18H22N2O/c1-18(2,3)14-7-9-15(10-8-14)21-17-6-4-5-13(11-19)16(17)12-20/h4-6,14-15H,7-10H2,1-3H3. The first-order valence-corrected chi connectivity index (χ1v) is 7.55. The molecule has 1 aromatic carbocycles. The number of hydrogen-bond donors (Lipinski definition) is 0. The van der Waals surface area contributed by atoms with Crippen LogP contribution in [0.4, 0.5) is 0 Å². The Morgan fingerprint density at radius 1 is 1.05 bits per heavy atom. The lowest BCUT2D eigenvalue weighted by atomic mass is 9.72. The van der Waals surface area contributed by atoms with Crippen LogP contribution in [0.2, 0.25) is 0 Å². The largest absolute Gasteiger partial charge is 0.489 e. The Hall–Kier alpha value is -2.00. The molecule has 2 rings (SSSR count). The van der Waals surface area contributed by atoms with Crippen molar-refractivity contribution in [3.05, 3.63) is 29.3 Å². The highest BCUT2D eigenvalue weighted by atomic mass is 16.5. The van der Waals surface area contributed by atoms with Crippen molar-refractivity contribution in [2.45, 2.75) is 52.6 Å². The van der Waals surface area contributed by atoms with Crippen molar-refractivity contribution in [2.75, 3.05) is 0 Å². The van der Waals surface area contributed by atoms with Crippen LogP contribution >= 0.6 is 0 Å². The lowest BCUT2D eigenvalue weighted by molar-refractivity contribution is 0.0880. The molecule has 0 saturated heterocycles. The summed E-state index contributed by atoms with van der Waals surface area (Å²) in [4.78, 5) is 0. The maximum Gasteiger partial charge on any atom is 0.138 e. The third-order valence-corrected chi connectivity index (χ3v) is 4.45. The smallest absolute Gasteiger partial charge is 0.138 e. The van der Waals surface area contributed by atoms with Gasteiger partial charge in [0.15, 0.2) is 0 Å². The average Bonchev–Trinajstić information content (AvgIpc) is 2.46. The van der Waals surface area contributed by atoms with Gasteiger partial charge in [0.1, 0.15) is 23.5 Å². The molecule has 0 atom stereocenters. The normalized spacial score (nSPS) is 22.1. The van der Waals surface area contributed by atoms with Gasteiger partial charge in [-0.2, -0.15) is 10.5 Å². The number of benzene rings is 1. The monoisotopic (exact) mass is 282 g/mol. The lowest BCUT2D eigenvalue weighted by Crippen LogP contribution is -2.30. The molecule has 0 amide bonds. The van der Waals surface area contributed by atoms with E-state index in [0.29, 0.717) is 22.3 Å². The summed E-state index contributed by atoms with van der Waals surface area (Å²) in [5.74, 6) is 1.29. The van der Waals surface area contributed by atoms with E-state index in [-0.39, 0.29) is 6.10 Å². The molecule has 0 unspecified atom stereocenters. The van der Waals surface area contributed by atoms with E-state index in [1.165, 1.54) is 0 Å². The van der Waals surface area contributed by atoms with Crippen molar-refractivity contribution in [2.24, 2.45) is 11.3 Å². The number of hydrogen-bond acceptors (Lipinski definition) is 3. The van der Waals surface area contributed by atoms with Gasteiger partial charge in [0.2, 0.25) is 0 Å². The topological polar surface area (TPSA) is 56.8 Å². The highest BCUT2D eigenvalue weighted by molar-refractivity contribution is 5.53. The molecule has 0 bridgehead atoms. The lowest BCUT2D eigenvalue weighted by Gasteiger charge is -2.37. The van der Waals surface area contributed by atoms with Crippen molar-refractivity contribution in [3.8, 4) is 17.9 Å².